The van der Waals surface area contributed by atoms with E-state index in [2.05, 4.69) is 15.6 Å². The molecule has 26 heavy (non-hydrogen) atoms. The van der Waals surface area contributed by atoms with Crippen molar-refractivity contribution in [2.24, 2.45) is 5.92 Å². The summed E-state index contributed by atoms with van der Waals surface area (Å²) in [7, 11) is 0. The van der Waals surface area contributed by atoms with Crippen LogP contribution in [0.2, 0.25) is 10.2 Å². The monoisotopic (exact) mass is 401 g/mol. The van der Waals surface area contributed by atoms with Gasteiger partial charge in [-0.1, -0.05) is 36.0 Å². The first-order valence-corrected chi connectivity index (χ1v) is 9.51. The van der Waals surface area contributed by atoms with Crippen LogP contribution in [-0.2, 0) is 4.74 Å². The number of ether oxygens (including phenoxy) is 1. The fourth-order valence-corrected chi connectivity index (χ4v) is 3.36. The molecule has 8 heteroatoms. The van der Waals surface area contributed by atoms with E-state index in [4.69, 9.17) is 27.9 Å². The molecule has 0 spiro atoms. The fraction of sp³-hybridized carbons (Fsp3) is 0.611. The molecule has 2 rings (SSSR count). The number of amides is 2. The second-order valence-corrected chi connectivity index (χ2v) is 8.27. The predicted octanol–water partition coefficient (Wildman–Crippen LogP) is 4.20. The van der Waals surface area contributed by atoms with Crippen molar-refractivity contribution in [2.45, 2.75) is 58.1 Å². The Balaban J connectivity index is 2.04. The van der Waals surface area contributed by atoms with Gasteiger partial charge in [0.2, 0.25) is 0 Å². The number of hydrogen-bond donors (Lipinski definition) is 2. The molecular formula is C18H25Cl2N3O3. The third kappa shape index (κ3) is 6.32. The van der Waals surface area contributed by atoms with Crippen molar-refractivity contribution in [1.29, 1.82) is 0 Å². The smallest absolute Gasteiger partial charge is 0.407 e. The minimum atomic E-state index is -0.575. The van der Waals surface area contributed by atoms with Crippen LogP contribution in [0.4, 0.5) is 4.79 Å². The Morgan fingerprint density at radius 3 is 2.54 bits per heavy atom. The van der Waals surface area contributed by atoms with Crippen molar-refractivity contribution in [3.05, 3.63) is 28.0 Å². The number of alkyl carbamates (subject to hydrolysis) is 1. The topological polar surface area (TPSA) is 80.3 Å². The first kappa shape index (κ1) is 20.8. The number of halogens is 2. The molecule has 144 valence electrons. The van der Waals surface area contributed by atoms with Gasteiger partial charge in [-0.3, -0.25) is 4.79 Å². The average Bonchev–Trinajstić information content (AvgIpc) is 3.06. The number of nitrogens with one attached hydrogen (secondary N) is 2. The molecule has 1 aliphatic carbocycles. The Labute approximate surface area is 164 Å². The molecule has 1 atom stereocenters. The van der Waals surface area contributed by atoms with Crippen LogP contribution in [0.15, 0.2) is 12.1 Å². The molecular weight excluding hydrogens is 377 g/mol. The Kier molecular flexibility index (Phi) is 7.12. The van der Waals surface area contributed by atoms with E-state index >= 15 is 0 Å². The maximum atomic E-state index is 12.6. The highest BCUT2D eigenvalue weighted by Gasteiger charge is 2.28. The minimum absolute atomic E-state index is 0.0828. The van der Waals surface area contributed by atoms with Gasteiger partial charge < -0.3 is 15.4 Å². The van der Waals surface area contributed by atoms with E-state index in [1.807, 2.05) is 0 Å². The van der Waals surface area contributed by atoms with Crippen LogP contribution in [0.5, 0.6) is 0 Å². The van der Waals surface area contributed by atoms with E-state index in [0.29, 0.717) is 0 Å². The lowest BCUT2D eigenvalue weighted by Gasteiger charge is -2.26. The molecule has 0 radical (unpaired) electrons. The Morgan fingerprint density at radius 1 is 1.27 bits per heavy atom. The summed E-state index contributed by atoms with van der Waals surface area (Å²) in [4.78, 5) is 28.5. The summed E-state index contributed by atoms with van der Waals surface area (Å²) in [5.74, 6) is -0.118. The summed E-state index contributed by atoms with van der Waals surface area (Å²) >= 11 is 11.9. The highest BCUT2D eigenvalue weighted by molar-refractivity contribution is 6.34. The number of hydrogen-bond acceptors (Lipinski definition) is 4. The van der Waals surface area contributed by atoms with Gasteiger partial charge in [0.05, 0.1) is 5.02 Å². The van der Waals surface area contributed by atoms with Crippen LogP contribution in [0.3, 0.4) is 0 Å². The molecule has 2 amide bonds. The van der Waals surface area contributed by atoms with Gasteiger partial charge >= 0.3 is 6.09 Å². The molecule has 0 aromatic carbocycles. The van der Waals surface area contributed by atoms with Crippen molar-refractivity contribution in [2.75, 3.05) is 6.54 Å². The van der Waals surface area contributed by atoms with Crippen molar-refractivity contribution >= 4 is 35.2 Å². The van der Waals surface area contributed by atoms with Crippen LogP contribution >= 0.6 is 23.2 Å². The molecule has 0 bridgehead atoms. The summed E-state index contributed by atoms with van der Waals surface area (Å²) in [5.41, 5.74) is -0.492. The summed E-state index contributed by atoms with van der Waals surface area (Å²) in [6.45, 7) is 5.68. The molecule has 0 aliphatic heterocycles. The summed E-state index contributed by atoms with van der Waals surface area (Å²) in [6, 6.07) is 2.84. The molecule has 1 fully saturated rings. The van der Waals surface area contributed by atoms with Crippen LogP contribution in [-0.4, -0.2) is 35.2 Å². The van der Waals surface area contributed by atoms with Gasteiger partial charge in [-0.25, -0.2) is 9.78 Å². The van der Waals surface area contributed by atoms with Gasteiger partial charge in [-0.15, -0.1) is 0 Å². The van der Waals surface area contributed by atoms with E-state index in [-0.39, 0.29) is 34.4 Å². The number of pyridine rings is 1. The minimum Gasteiger partial charge on any atom is -0.444 e. The lowest BCUT2D eigenvalue weighted by atomic mass is 9.98. The number of aromatic nitrogens is 1. The fourth-order valence-electron chi connectivity index (χ4n) is 3.02. The van der Waals surface area contributed by atoms with Crippen molar-refractivity contribution in [3.63, 3.8) is 0 Å². The molecule has 1 aromatic heterocycles. The Morgan fingerprint density at radius 2 is 1.92 bits per heavy atom. The van der Waals surface area contributed by atoms with Gasteiger partial charge in [-0.2, -0.15) is 0 Å². The Hall–Kier alpha value is -1.53. The standard InChI is InChI=1S/C18H25Cl2N3O3/c1-18(2,3)26-17(25)21-10-13(11-6-4-5-7-11)22-16(24)15-12(19)8-9-14(20)23-15/h8-9,11,13H,4-7,10H2,1-3H3,(H,21,25)(H,22,24)/t13-/m0/s1. The number of rotatable bonds is 5. The zero-order valence-electron chi connectivity index (χ0n) is 15.3. The van der Waals surface area contributed by atoms with Gasteiger partial charge in [0.1, 0.15) is 16.4 Å². The predicted molar refractivity (Wildman–Crippen MR) is 102 cm³/mol. The van der Waals surface area contributed by atoms with E-state index in [1.54, 1.807) is 20.8 Å². The van der Waals surface area contributed by atoms with Gasteiger partial charge in [0, 0.05) is 12.6 Å². The maximum absolute atomic E-state index is 12.6. The van der Waals surface area contributed by atoms with Crippen LogP contribution in [0.25, 0.3) is 0 Å². The third-order valence-electron chi connectivity index (χ3n) is 4.18. The molecule has 6 nitrogen and oxygen atoms in total. The summed E-state index contributed by atoms with van der Waals surface area (Å²) < 4.78 is 5.26. The maximum Gasteiger partial charge on any atom is 0.407 e. The largest absolute Gasteiger partial charge is 0.444 e. The quantitative estimate of drug-likeness (QED) is 0.724. The highest BCUT2D eigenvalue weighted by Crippen LogP contribution is 2.28. The average molecular weight is 402 g/mol. The van der Waals surface area contributed by atoms with E-state index in [9.17, 15) is 9.59 Å². The Bertz CT molecular complexity index is 656. The first-order chi connectivity index (χ1) is 12.2. The number of nitrogens with zero attached hydrogens (tertiary/aromatic N) is 1. The second kappa shape index (κ2) is 8.91. The van der Waals surface area contributed by atoms with Crippen molar-refractivity contribution < 1.29 is 14.3 Å². The van der Waals surface area contributed by atoms with Crippen LogP contribution in [0.1, 0.15) is 56.9 Å². The molecule has 1 aliphatic rings. The lowest BCUT2D eigenvalue weighted by molar-refractivity contribution is 0.0514. The molecule has 0 saturated heterocycles. The van der Waals surface area contributed by atoms with Crippen LogP contribution < -0.4 is 10.6 Å². The highest BCUT2D eigenvalue weighted by atomic mass is 35.5. The van der Waals surface area contributed by atoms with E-state index < -0.39 is 17.6 Å². The molecule has 0 unspecified atom stereocenters. The van der Waals surface area contributed by atoms with Crippen molar-refractivity contribution in [1.82, 2.24) is 15.6 Å². The molecule has 2 N–H and O–H groups in total. The van der Waals surface area contributed by atoms with Gasteiger partial charge in [0.25, 0.3) is 5.91 Å². The van der Waals surface area contributed by atoms with Crippen molar-refractivity contribution in [3.8, 4) is 0 Å². The number of carbonyl (C=O) groups excluding carboxylic acids is 2. The lowest BCUT2D eigenvalue weighted by Crippen LogP contribution is -2.48. The summed E-state index contributed by atoms with van der Waals surface area (Å²) in [5, 5.41) is 6.12. The summed E-state index contributed by atoms with van der Waals surface area (Å²) in [6.07, 6.45) is 3.71. The van der Waals surface area contributed by atoms with E-state index in [1.165, 1.54) is 12.1 Å². The second-order valence-electron chi connectivity index (χ2n) is 7.47. The third-order valence-corrected chi connectivity index (χ3v) is 4.69. The van der Waals surface area contributed by atoms with E-state index in [0.717, 1.165) is 25.7 Å². The zero-order valence-corrected chi connectivity index (χ0v) is 16.8. The number of carbonyl (C=O) groups is 2. The van der Waals surface area contributed by atoms with Crippen LogP contribution in [0, 0.1) is 5.92 Å². The normalized spacial score (nSPS) is 16.2. The molecule has 1 heterocycles. The molecule has 1 aromatic rings. The molecule has 1 saturated carbocycles. The van der Waals surface area contributed by atoms with Gasteiger partial charge in [0.15, 0.2) is 0 Å². The zero-order chi connectivity index (χ0) is 19.3. The van der Waals surface area contributed by atoms with Gasteiger partial charge in [-0.05, 0) is 51.7 Å². The first-order valence-electron chi connectivity index (χ1n) is 8.75. The SMILES string of the molecule is CC(C)(C)OC(=O)NC[C@H](NC(=O)c1nc(Cl)ccc1Cl)C1CCCC1.